The molecule has 0 aliphatic carbocycles. The van der Waals surface area contributed by atoms with Crippen LogP contribution in [-0.4, -0.2) is 29.4 Å². The molecule has 25 heavy (non-hydrogen) atoms. The predicted molar refractivity (Wildman–Crippen MR) is 96.9 cm³/mol. The van der Waals surface area contributed by atoms with Crippen molar-refractivity contribution >= 4 is 35.1 Å². The van der Waals surface area contributed by atoms with E-state index in [2.05, 4.69) is 6.07 Å². The topological polar surface area (TPSA) is 46.6 Å². The number of nitrogens with zero attached hydrogens (tertiary/aromatic N) is 1. The third-order valence-corrected chi connectivity index (χ3v) is 4.61. The smallest absolute Gasteiger partial charge is 0.339 e. The van der Waals surface area contributed by atoms with Crippen LogP contribution in [0, 0.1) is 0 Å². The summed E-state index contributed by atoms with van der Waals surface area (Å²) in [6.45, 7) is 2.72. The summed E-state index contributed by atoms with van der Waals surface area (Å²) in [5.41, 5.74) is 2.60. The van der Waals surface area contributed by atoms with E-state index in [1.807, 2.05) is 18.2 Å². The van der Waals surface area contributed by atoms with Gasteiger partial charge in [0.15, 0.2) is 6.10 Å². The molecule has 130 valence electrons. The van der Waals surface area contributed by atoms with Gasteiger partial charge >= 0.3 is 5.97 Å². The standard InChI is InChI=1S/C19H17Cl2NO3/c1-12(25-19(24)15-8-16(20)10-17(21)9-15)18(23)22-7-6-13-4-2-3-5-14(13)11-22/h2-5,8-10,12H,6-7,11H2,1H3/t12-/m0/s1. The van der Waals surface area contributed by atoms with Gasteiger partial charge in [-0.2, -0.15) is 0 Å². The quantitative estimate of drug-likeness (QED) is 0.755. The van der Waals surface area contributed by atoms with Crippen molar-refractivity contribution in [1.82, 2.24) is 4.90 Å². The molecular weight excluding hydrogens is 361 g/mol. The van der Waals surface area contributed by atoms with Gasteiger partial charge in [0.1, 0.15) is 0 Å². The number of benzene rings is 2. The van der Waals surface area contributed by atoms with E-state index < -0.39 is 12.1 Å². The van der Waals surface area contributed by atoms with Gasteiger partial charge in [0.2, 0.25) is 0 Å². The van der Waals surface area contributed by atoms with Crippen molar-refractivity contribution in [2.45, 2.75) is 26.0 Å². The van der Waals surface area contributed by atoms with Crippen LogP contribution in [0.4, 0.5) is 0 Å². The zero-order valence-electron chi connectivity index (χ0n) is 13.7. The van der Waals surface area contributed by atoms with E-state index >= 15 is 0 Å². The number of carbonyl (C=O) groups is 2. The lowest BCUT2D eigenvalue weighted by Crippen LogP contribution is -2.42. The van der Waals surface area contributed by atoms with Crippen LogP contribution >= 0.6 is 23.2 Å². The summed E-state index contributed by atoms with van der Waals surface area (Å²) < 4.78 is 5.30. The first-order valence-electron chi connectivity index (χ1n) is 7.96. The molecule has 4 nitrogen and oxygen atoms in total. The Morgan fingerprint density at radius 3 is 2.40 bits per heavy atom. The second kappa shape index (κ2) is 7.46. The Hall–Kier alpha value is -2.04. The van der Waals surface area contributed by atoms with Crippen molar-refractivity contribution in [3.05, 3.63) is 69.2 Å². The van der Waals surface area contributed by atoms with Crippen LogP contribution in [0.25, 0.3) is 0 Å². The fourth-order valence-electron chi connectivity index (χ4n) is 2.89. The zero-order chi connectivity index (χ0) is 18.0. The summed E-state index contributed by atoms with van der Waals surface area (Å²) in [5, 5.41) is 0.678. The van der Waals surface area contributed by atoms with Crippen molar-refractivity contribution in [2.24, 2.45) is 0 Å². The summed E-state index contributed by atoms with van der Waals surface area (Å²) >= 11 is 11.8. The van der Waals surface area contributed by atoms with E-state index in [1.54, 1.807) is 11.8 Å². The molecular formula is C19H17Cl2NO3. The van der Waals surface area contributed by atoms with E-state index in [0.717, 1.165) is 12.0 Å². The predicted octanol–water partition coefficient (Wildman–Crippen LogP) is 4.12. The number of rotatable bonds is 3. The molecule has 0 spiro atoms. The van der Waals surface area contributed by atoms with Crippen molar-refractivity contribution in [1.29, 1.82) is 0 Å². The average molecular weight is 378 g/mol. The van der Waals surface area contributed by atoms with Crippen LogP contribution < -0.4 is 0 Å². The number of fused-ring (bicyclic) bond motifs is 1. The van der Waals surface area contributed by atoms with Crippen LogP contribution in [0.5, 0.6) is 0 Å². The minimum absolute atomic E-state index is 0.212. The van der Waals surface area contributed by atoms with Gasteiger partial charge in [-0.1, -0.05) is 47.5 Å². The highest BCUT2D eigenvalue weighted by Crippen LogP contribution is 2.22. The lowest BCUT2D eigenvalue weighted by Gasteiger charge is -2.30. The fraction of sp³-hybridized carbons (Fsp3) is 0.263. The normalized spacial score (nSPS) is 14.6. The maximum Gasteiger partial charge on any atom is 0.339 e. The van der Waals surface area contributed by atoms with E-state index in [9.17, 15) is 9.59 Å². The van der Waals surface area contributed by atoms with Gasteiger partial charge < -0.3 is 9.64 Å². The van der Waals surface area contributed by atoms with Crippen molar-refractivity contribution in [2.75, 3.05) is 6.54 Å². The molecule has 1 heterocycles. The number of carbonyl (C=O) groups excluding carboxylic acids is 2. The third-order valence-electron chi connectivity index (χ3n) is 4.17. The van der Waals surface area contributed by atoms with Crippen LogP contribution in [0.1, 0.15) is 28.4 Å². The van der Waals surface area contributed by atoms with E-state index in [1.165, 1.54) is 23.8 Å². The molecule has 1 aliphatic heterocycles. The molecule has 0 bridgehead atoms. The van der Waals surface area contributed by atoms with Gasteiger partial charge in [0, 0.05) is 23.1 Å². The molecule has 0 radical (unpaired) electrons. The van der Waals surface area contributed by atoms with Crippen LogP contribution in [0.15, 0.2) is 42.5 Å². The first-order chi connectivity index (χ1) is 11.9. The van der Waals surface area contributed by atoms with Gasteiger partial charge in [-0.05, 0) is 42.7 Å². The first-order valence-corrected chi connectivity index (χ1v) is 8.72. The Kier molecular flexibility index (Phi) is 5.30. The molecule has 1 atom stereocenters. The largest absolute Gasteiger partial charge is 0.449 e. The summed E-state index contributed by atoms with van der Waals surface area (Å²) in [5.74, 6) is -0.835. The molecule has 0 saturated heterocycles. The van der Waals surface area contributed by atoms with Crippen molar-refractivity contribution < 1.29 is 14.3 Å². The highest BCUT2D eigenvalue weighted by Gasteiger charge is 2.27. The number of hydrogen-bond donors (Lipinski definition) is 0. The summed E-state index contributed by atoms with van der Waals surface area (Å²) in [6, 6.07) is 12.5. The first kappa shape index (κ1) is 17.8. The summed E-state index contributed by atoms with van der Waals surface area (Å²) in [7, 11) is 0. The molecule has 0 N–H and O–H groups in total. The summed E-state index contributed by atoms with van der Waals surface area (Å²) in [6.07, 6.45) is -0.0811. The van der Waals surface area contributed by atoms with Crippen LogP contribution in [-0.2, 0) is 22.5 Å². The monoisotopic (exact) mass is 377 g/mol. The Morgan fingerprint density at radius 1 is 1.08 bits per heavy atom. The van der Waals surface area contributed by atoms with E-state index in [4.69, 9.17) is 27.9 Å². The van der Waals surface area contributed by atoms with Gasteiger partial charge in [-0.3, -0.25) is 4.79 Å². The molecule has 1 aliphatic rings. The average Bonchev–Trinajstić information content (AvgIpc) is 2.59. The maximum absolute atomic E-state index is 12.6. The van der Waals surface area contributed by atoms with E-state index in [-0.39, 0.29) is 11.5 Å². The molecule has 0 unspecified atom stereocenters. The second-order valence-electron chi connectivity index (χ2n) is 5.98. The molecule has 2 aromatic rings. The molecule has 1 amide bonds. The van der Waals surface area contributed by atoms with E-state index in [0.29, 0.717) is 23.1 Å². The molecule has 0 fully saturated rings. The summed E-state index contributed by atoms with van der Waals surface area (Å²) in [4.78, 5) is 26.6. The maximum atomic E-state index is 12.6. The second-order valence-corrected chi connectivity index (χ2v) is 6.86. The molecule has 6 heteroatoms. The van der Waals surface area contributed by atoms with Crippen molar-refractivity contribution in [3.8, 4) is 0 Å². The van der Waals surface area contributed by atoms with Crippen LogP contribution in [0.3, 0.4) is 0 Å². The van der Waals surface area contributed by atoms with Gasteiger partial charge in [0.05, 0.1) is 5.56 Å². The highest BCUT2D eigenvalue weighted by atomic mass is 35.5. The Bertz CT molecular complexity index is 802. The van der Waals surface area contributed by atoms with Crippen LogP contribution in [0.2, 0.25) is 10.0 Å². The lowest BCUT2D eigenvalue weighted by atomic mass is 9.99. The number of hydrogen-bond acceptors (Lipinski definition) is 3. The number of esters is 1. The molecule has 3 rings (SSSR count). The van der Waals surface area contributed by atoms with Gasteiger partial charge in [-0.15, -0.1) is 0 Å². The van der Waals surface area contributed by atoms with Crippen molar-refractivity contribution in [3.63, 3.8) is 0 Å². The minimum Gasteiger partial charge on any atom is -0.449 e. The molecule has 0 aromatic heterocycles. The third kappa shape index (κ3) is 4.14. The SMILES string of the molecule is C[C@H](OC(=O)c1cc(Cl)cc(Cl)c1)C(=O)N1CCc2ccccc2C1. The Labute approximate surface area is 156 Å². The van der Waals surface area contributed by atoms with Gasteiger partial charge in [-0.25, -0.2) is 4.79 Å². The number of ether oxygens (including phenoxy) is 1. The Morgan fingerprint density at radius 2 is 1.72 bits per heavy atom. The molecule has 0 saturated carbocycles. The number of amides is 1. The minimum atomic E-state index is -0.879. The highest BCUT2D eigenvalue weighted by molar-refractivity contribution is 6.35. The fourth-order valence-corrected chi connectivity index (χ4v) is 3.42. The lowest BCUT2D eigenvalue weighted by molar-refractivity contribution is -0.140. The number of halogens is 2. The zero-order valence-corrected chi connectivity index (χ0v) is 15.2. The van der Waals surface area contributed by atoms with Gasteiger partial charge in [0.25, 0.3) is 5.91 Å². The Balaban J connectivity index is 1.66. The molecule has 2 aromatic carbocycles.